The van der Waals surface area contributed by atoms with E-state index in [0.29, 0.717) is 12.2 Å². The minimum atomic E-state index is -0.283. The topological polar surface area (TPSA) is 105 Å². The fourth-order valence-corrected chi connectivity index (χ4v) is 3.86. The molecule has 30 heavy (non-hydrogen) atoms. The van der Waals surface area contributed by atoms with Crippen molar-refractivity contribution in [1.29, 1.82) is 0 Å². The molecule has 0 radical (unpaired) electrons. The van der Waals surface area contributed by atoms with E-state index in [0.717, 1.165) is 53.4 Å². The monoisotopic (exact) mass is 404 g/mol. The number of aromatic nitrogens is 2. The molecule has 156 valence electrons. The molecule has 6 N–H and O–H groups in total. The Morgan fingerprint density at radius 1 is 1.27 bits per heavy atom. The minimum Gasteiger partial charge on any atom is -0.399 e. The summed E-state index contributed by atoms with van der Waals surface area (Å²) in [5.74, 6) is 0.947. The normalized spacial score (nSPS) is 18.1. The first-order chi connectivity index (χ1) is 14.5. The van der Waals surface area contributed by atoms with E-state index in [1.807, 2.05) is 72.4 Å². The van der Waals surface area contributed by atoms with Crippen LogP contribution in [0.25, 0.3) is 22.6 Å². The molecule has 1 atom stereocenters. The van der Waals surface area contributed by atoms with E-state index in [4.69, 9.17) is 11.5 Å². The van der Waals surface area contributed by atoms with Gasteiger partial charge in [-0.05, 0) is 49.3 Å². The van der Waals surface area contributed by atoms with Gasteiger partial charge in [0.2, 0.25) is 0 Å². The van der Waals surface area contributed by atoms with Gasteiger partial charge < -0.3 is 26.8 Å². The summed E-state index contributed by atoms with van der Waals surface area (Å²) in [5, 5.41) is 13.1. The highest BCUT2D eigenvalue weighted by Crippen LogP contribution is 2.24. The average Bonchev–Trinajstić information content (AvgIpc) is 3.17. The third-order valence-corrected chi connectivity index (χ3v) is 5.44. The zero-order chi connectivity index (χ0) is 21.1. The van der Waals surface area contributed by atoms with Gasteiger partial charge in [-0.25, -0.2) is 4.98 Å². The van der Waals surface area contributed by atoms with Crippen LogP contribution in [0.1, 0.15) is 18.4 Å². The lowest BCUT2D eigenvalue weighted by Crippen LogP contribution is -2.40. The summed E-state index contributed by atoms with van der Waals surface area (Å²) >= 11 is 0. The van der Waals surface area contributed by atoms with Crippen LogP contribution < -0.4 is 16.8 Å². The number of benzene rings is 1. The molecule has 1 aromatic carbocycles. The van der Waals surface area contributed by atoms with Crippen molar-refractivity contribution in [2.75, 3.05) is 25.9 Å². The van der Waals surface area contributed by atoms with E-state index < -0.39 is 0 Å². The number of nitrogen functional groups attached to an aromatic ring is 1. The van der Waals surface area contributed by atoms with Crippen molar-refractivity contribution in [3.8, 4) is 11.3 Å². The zero-order valence-electron chi connectivity index (χ0n) is 17.1. The number of likely N-dealkylation sites (tertiary alicyclic amines) is 1. The van der Waals surface area contributed by atoms with Gasteiger partial charge in [-0.15, -0.1) is 0 Å². The van der Waals surface area contributed by atoms with E-state index >= 15 is 0 Å². The second kappa shape index (κ2) is 8.51. The van der Waals surface area contributed by atoms with Crippen LogP contribution in [0, 0.1) is 0 Å². The number of hydrogen-bond acceptors (Lipinski definition) is 6. The Balaban J connectivity index is 1.59. The van der Waals surface area contributed by atoms with Crippen LogP contribution in [0.4, 0.5) is 5.69 Å². The first kappa shape index (κ1) is 19.8. The zero-order valence-corrected chi connectivity index (χ0v) is 17.1. The van der Waals surface area contributed by atoms with Gasteiger partial charge in [-0.2, -0.15) is 0 Å². The van der Waals surface area contributed by atoms with Gasteiger partial charge in [0.25, 0.3) is 0 Å². The number of pyridine rings is 1. The number of rotatable bonds is 5. The van der Waals surface area contributed by atoms with Crippen LogP contribution in [-0.2, 0) is 0 Å². The van der Waals surface area contributed by atoms with Crippen molar-refractivity contribution in [3.05, 3.63) is 72.3 Å². The molecule has 0 aliphatic carbocycles. The number of allylic oxidation sites excluding steroid dienone is 2. The molecular weight excluding hydrogens is 376 g/mol. The van der Waals surface area contributed by atoms with Gasteiger partial charge in [0, 0.05) is 48.8 Å². The van der Waals surface area contributed by atoms with Crippen molar-refractivity contribution >= 4 is 17.0 Å². The highest BCUT2D eigenvalue weighted by Gasteiger charge is 2.18. The van der Waals surface area contributed by atoms with Gasteiger partial charge in [0.15, 0.2) is 0 Å². The Labute approximate surface area is 176 Å². The lowest BCUT2D eigenvalue weighted by atomic mass is 10.1. The third-order valence-electron chi connectivity index (χ3n) is 5.44. The minimum absolute atomic E-state index is 0.283. The Morgan fingerprint density at radius 3 is 2.90 bits per heavy atom. The van der Waals surface area contributed by atoms with Crippen LogP contribution in [0.5, 0.6) is 0 Å². The van der Waals surface area contributed by atoms with Crippen molar-refractivity contribution in [2.24, 2.45) is 5.73 Å². The molecule has 7 heteroatoms. The molecule has 0 saturated carbocycles. The molecule has 1 aliphatic rings. The molecular formula is C23H28N6O. The Bertz CT molecular complexity index is 1100. The summed E-state index contributed by atoms with van der Waals surface area (Å²) < 4.78 is 2.02. The number of nitrogens with two attached hydrogens (primary N) is 2. The summed E-state index contributed by atoms with van der Waals surface area (Å²) in [7, 11) is 1.88. The fraction of sp³-hybridized carbons (Fsp3) is 0.261. The first-order valence-electron chi connectivity index (χ1n) is 10.2. The molecule has 0 spiro atoms. The van der Waals surface area contributed by atoms with Gasteiger partial charge in [-0.1, -0.05) is 12.1 Å². The van der Waals surface area contributed by atoms with E-state index in [2.05, 4.69) is 15.2 Å². The maximum Gasteiger partial charge on any atom is 0.137 e. The number of piperidine rings is 1. The predicted molar refractivity (Wildman–Crippen MR) is 121 cm³/mol. The van der Waals surface area contributed by atoms with Crippen molar-refractivity contribution in [3.63, 3.8) is 0 Å². The van der Waals surface area contributed by atoms with Gasteiger partial charge >= 0.3 is 0 Å². The maximum absolute atomic E-state index is 9.93. The summed E-state index contributed by atoms with van der Waals surface area (Å²) in [6.45, 7) is 1.55. The summed E-state index contributed by atoms with van der Waals surface area (Å²) in [5.41, 5.74) is 17.4. The summed E-state index contributed by atoms with van der Waals surface area (Å²) in [4.78, 5) is 6.68. The smallest absolute Gasteiger partial charge is 0.137 e. The van der Waals surface area contributed by atoms with Crippen molar-refractivity contribution < 1.29 is 5.11 Å². The number of β-amino-alcohol motifs (C(OH)–C–C–N with tert-alkyl or cyclic N) is 1. The molecule has 1 fully saturated rings. The van der Waals surface area contributed by atoms with Crippen LogP contribution >= 0.6 is 0 Å². The SMILES string of the molecule is CN/C(=C\C=C(/N)c1ccn2c(-c3cccc(N)c3)cnc2c1)N1CCCC(O)C1. The van der Waals surface area contributed by atoms with Gasteiger partial charge in [-0.3, -0.25) is 4.40 Å². The molecule has 3 aromatic rings. The predicted octanol–water partition coefficient (Wildman–Crippen LogP) is 2.40. The number of fused-ring (bicyclic) bond motifs is 1. The van der Waals surface area contributed by atoms with Crippen molar-refractivity contribution in [1.82, 2.24) is 19.6 Å². The van der Waals surface area contributed by atoms with Gasteiger partial charge in [0.1, 0.15) is 11.5 Å². The second-order valence-electron chi connectivity index (χ2n) is 7.58. The van der Waals surface area contributed by atoms with E-state index in [9.17, 15) is 5.11 Å². The highest BCUT2D eigenvalue weighted by molar-refractivity contribution is 5.71. The maximum atomic E-state index is 9.93. The van der Waals surface area contributed by atoms with Crippen LogP contribution in [-0.4, -0.2) is 45.6 Å². The third kappa shape index (κ3) is 4.11. The molecule has 2 aromatic heterocycles. The quantitative estimate of drug-likeness (QED) is 0.384. The Morgan fingerprint density at radius 2 is 2.13 bits per heavy atom. The molecule has 0 amide bonds. The van der Waals surface area contributed by atoms with E-state index in [1.54, 1.807) is 0 Å². The molecule has 1 aliphatic heterocycles. The fourth-order valence-electron chi connectivity index (χ4n) is 3.86. The Hall–Kier alpha value is -3.45. The summed E-state index contributed by atoms with van der Waals surface area (Å²) in [6, 6.07) is 11.7. The lowest BCUT2D eigenvalue weighted by Gasteiger charge is -2.33. The number of aliphatic hydroxyl groups is 1. The van der Waals surface area contributed by atoms with Crippen molar-refractivity contribution in [2.45, 2.75) is 18.9 Å². The molecule has 0 bridgehead atoms. The standard InChI is InChI=1S/C23H28N6O/c1-26-22(28-10-3-6-19(30)15-28)8-7-20(25)16-9-11-29-21(14-27-23(29)13-16)17-4-2-5-18(24)12-17/h2,4-5,7-9,11-14,19,26,30H,3,6,10,15,24-25H2,1H3/b20-7-,22-8+. The average molecular weight is 405 g/mol. The number of nitrogens with one attached hydrogen (secondary N) is 1. The first-order valence-corrected chi connectivity index (χ1v) is 10.2. The Kier molecular flexibility index (Phi) is 5.63. The summed E-state index contributed by atoms with van der Waals surface area (Å²) in [6.07, 6.45) is 9.21. The van der Waals surface area contributed by atoms with E-state index in [1.165, 1.54) is 0 Å². The highest BCUT2D eigenvalue weighted by atomic mass is 16.3. The van der Waals surface area contributed by atoms with Gasteiger partial charge in [0.05, 0.1) is 18.0 Å². The number of anilines is 1. The largest absolute Gasteiger partial charge is 0.399 e. The number of hydrogen-bond donors (Lipinski definition) is 4. The van der Waals surface area contributed by atoms with Crippen LogP contribution in [0.2, 0.25) is 0 Å². The van der Waals surface area contributed by atoms with E-state index in [-0.39, 0.29) is 6.10 Å². The molecule has 7 nitrogen and oxygen atoms in total. The van der Waals surface area contributed by atoms with Crippen LogP contribution in [0.3, 0.4) is 0 Å². The molecule has 4 rings (SSSR count). The van der Waals surface area contributed by atoms with Crippen LogP contribution in [0.15, 0.2) is 66.8 Å². The molecule has 1 saturated heterocycles. The number of aliphatic hydroxyl groups excluding tert-OH is 1. The molecule has 3 heterocycles. The lowest BCUT2D eigenvalue weighted by molar-refractivity contribution is 0.0849. The number of nitrogens with zero attached hydrogens (tertiary/aromatic N) is 3. The molecule has 1 unspecified atom stereocenters. The number of imidazole rings is 1. The second-order valence-corrected chi connectivity index (χ2v) is 7.58.